The number of rotatable bonds is 3. The Bertz CT molecular complexity index is 136. The minimum absolute atomic E-state index is 0.0424. The van der Waals surface area contributed by atoms with Gasteiger partial charge in [-0.25, -0.2) is 0 Å². The van der Waals surface area contributed by atoms with Crippen molar-refractivity contribution in [2.24, 2.45) is 0 Å². The minimum Gasteiger partial charge on any atom is -0.355 e. The summed E-state index contributed by atoms with van der Waals surface area (Å²) in [6, 6.07) is 0. The molecule has 0 aromatic rings. The first-order valence-electron chi connectivity index (χ1n) is 2.86. The number of carbonyl (C=O) groups is 2. The van der Waals surface area contributed by atoms with Gasteiger partial charge in [0.2, 0.25) is 5.91 Å². The van der Waals surface area contributed by atoms with Crippen molar-refractivity contribution >= 4 is 22.8 Å². The first-order chi connectivity index (χ1) is 4.66. The monoisotopic (exact) mass is 160 g/mol. The fourth-order valence-electron chi connectivity index (χ4n) is 0.358. The molecule has 0 bridgehead atoms. The van der Waals surface area contributed by atoms with E-state index in [1.807, 2.05) is 0 Å². The van der Waals surface area contributed by atoms with E-state index in [1.54, 1.807) is 0 Å². The Balaban J connectivity index is 3.30. The Morgan fingerprint density at radius 2 is 2.20 bits per heavy atom. The van der Waals surface area contributed by atoms with E-state index in [1.165, 1.54) is 6.92 Å². The maximum absolute atomic E-state index is 10.6. The molecule has 0 spiro atoms. The Morgan fingerprint density at radius 3 is 2.60 bits per heavy atom. The van der Waals surface area contributed by atoms with Gasteiger partial charge in [0.05, 0.1) is 5.75 Å². The smallest absolute Gasteiger partial charge is 0.230 e. The summed E-state index contributed by atoms with van der Waals surface area (Å²) >= 11 is 1.00. The van der Waals surface area contributed by atoms with Gasteiger partial charge in [-0.05, 0) is 6.92 Å². The van der Waals surface area contributed by atoms with Crippen molar-refractivity contribution in [2.45, 2.75) is 6.92 Å². The Kier molecular flexibility index (Phi) is 5.02. The highest BCUT2D eigenvalue weighted by molar-refractivity contribution is 8.14. The van der Waals surface area contributed by atoms with Crippen LogP contribution in [0.4, 0.5) is 0 Å². The third-order valence-corrected chi connectivity index (χ3v) is 1.54. The lowest BCUT2D eigenvalue weighted by Crippen LogP contribution is -2.24. The molecular weight excluding hydrogens is 150 g/mol. The predicted molar refractivity (Wildman–Crippen MR) is 41.5 cm³/mol. The maximum Gasteiger partial charge on any atom is 0.230 e. The topological polar surface area (TPSA) is 46.2 Å². The van der Waals surface area contributed by atoms with Crippen LogP contribution in [-0.2, 0) is 9.59 Å². The highest BCUT2D eigenvalue weighted by atomic mass is 32.2. The van der Waals surface area contributed by atoms with Gasteiger partial charge in [0, 0.05) is 13.5 Å². The third-order valence-electron chi connectivity index (χ3n) is 0.729. The number of hydrogen-bond acceptors (Lipinski definition) is 3. The van der Waals surface area contributed by atoms with Crippen molar-refractivity contribution in [3.8, 4) is 0 Å². The molecular formula is C6H10NO2S. The zero-order chi connectivity index (χ0) is 7.98. The molecule has 0 atom stereocenters. The molecule has 0 saturated carbocycles. The second-order valence-corrected chi connectivity index (χ2v) is 2.78. The molecule has 4 heteroatoms. The van der Waals surface area contributed by atoms with Crippen molar-refractivity contribution in [1.82, 2.24) is 5.32 Å². The molecule has 0 rings (SSSR count). The van der Waals surface area contributed by atoms with Crippen LogP contribution in [0.15, 0.2) is 0 Å². The van der Waals surface area contributed by atoms with Gasteiger partial charge in [0.15, 0.2) is 5.12 Å². The SMILES string of the molecule is [CH2]CNC(=O)CSC(C)=O. The van der Waals surface area contributed by atoms with Gasteiger partial charge in [-0.15, -0.1) is 0 Å². The average molecular weight is 160 g/mol. The average Bonchev–Trinajstić information content (AvgIpc) is 1.85. The molecule has 0 fully saturated rings. The zero-order valence-electron chi connectivity index (χ0n) is 5.85. The number of amides is 1. The summed E-state index contributed by atoms with van der Waals surface area (Å²) < 4.78 is 0. The van der Waals surface area contributed by atoms with Gasteiger partial charge < -0.3 is 5.32 Å². The lowest BCUT2D eigenvalue weighted by molar-refractivity contribution is -0.118. The molecule has 0 aliphatic carbocycles. The van der Waals surface area contributed by atoms with Crippen LogP contribution in [0.1, 0.15) is 6.92 Å². The number of carbonyl (C=O) groups excluding carboxylic acids is 2. The summed E-state index contributed by atoms with van der Waals surface area (Å²) in [6.45, 7) is 5.23. The van der Waals surface area contributed by atoms with Crippen LogP contribution in [0.2, 0.25) is 0 Å². The molecule has 0 unspecified atom stereocenters. The second kappa shape index (κ2) is 5.29. The van der Waals surface area contributed by atoms with E-state index in [2.05, 4.69) is 12.2 Å². The second-order valence-electron chi connectivity index (χ2n) is 1.63. The molecule has 1 radical (unpaired) electrons. The van der Waals surface area contributed by atoms with Crippen LogP contribution in [0, 0.1) is 6.92 Å². The Labute approximate surface area is 64.6 Å². The Morgan fingerprint density at radius 1 is 1.60 bits per heavy atom. The molecule has 1 N–H and O–H groups in total. The Hall–Kier alpha value is -0.510. The standard InChI is InChI=1S/C6H10NO2S/c1-3-7-6(9)4-10-5(2)8/h1,3-4H2,2H3,(H,7,9). The van der Waals surface area contributed by atoms with E-state index in [-0.39, 0.29) is 16.8 Å². The predicted octanol–water partition coefficient (Wildman–Crippen LogP) is 0.216. The quantitative estimate of drug-likeness (QED) is 0.642. The lowest BCUT2D eigenvalue weighted by Gasteiger charge is -1.97. The van der Waals surface area contributed by atoms with E-state index >= 15 is 0 Å². The first kappa shape index (κ1) is 9.49. The van der Waals surface area contributed by atoms with Gasteiger partial charge in [-0.1, -0.05) is 11.8 Å². The molecule has 0 aromatic carbocycles. The first-order valence-corrected chi connectivity index (χ1v) is 3.84. The van der Waals surface area contributed by atoms with Crippen LogP contribution < -0.4 is 5.32 Å². The fraction of sp³-hybridized carbons (Fsp3) is 0.500. The number of nitrogens with one attached hydrogen (secondary N) is 1. The van der Waals surface area contributed by atoms with Crippen molar-refractivity contribution in [3.05, 3.63) is 6.92 Å². The highest BCUT2D eigenvalue weighted by Crippen LogP contribution is 1.98. The van der Waals surface area contributed by atoms with Crippen LogP contribution >= 0.6 is 11.8 Å². The summed E-state index contributed by atoms with van der Waals surface area (Å²) in [5.74, 6) is 0.0559. The van der Waals surface area contributed by atoms with E-state index in [4.69, 9.17) is 0 Å². The molecule has 0 heterocycles. The number of thioether (sulfide) groups is 1. The largest absolute Gasteiger partial charge is 0.355 e. The van der Waals surface area contributed by atoms with Crippen LogP contribution in [0.25, 0.3) is 0 Å². The molecule has 10 heavy (non-hydrogen) atoms. The van der Waals surface area contributed by atoms with E-state index in [0.29, 0.717) is 6.54 Å². The van der Waals surface area contributed by atoms with Crippen LogP contribution in [0.3, 0.4) is 0 Å². The van der Waals surface area contributed by atoms with Crippen LogP contribution in [-0.4, -0.2) is 23.3 Å². The van der Waals surface area contributed by atoms with E-state index < -0.39 is 0 Å². The molecule has 1 amide bonds. The molecule has 0 saturated heterocycles. The van der Waals surface area contributed by atoms with E-state index in [0.717, 1.165) is 11.8 Å². The van der Waals surface area contributed by atoms with E-state index in [9.17, 15) is 9.59 Å². The molecule has 0 aromatic heterocycles. The minimum atomic E-state index is -0.143. The summed E-state index contributed by atoms with van der Waals surface area (Å²) in [6.07, 6.45) is 0. The summed E-state index contributed by atoms with van der Waals surface area (Å²) in [7, 11) is 0. The summed E-state index contributed by atoms with van der Waals surface area (Å²) in [5, 5.41) is 2.44. The van der Waals surface area contributed by atoms with Gasteiger partial charge >= 0.3 is 0 Å². The van der Waals surface area contributed by atoms with Crippen molar-refractivity contribution < 1.29 is 9.59 Å². The molecule has 3 nitrogen and oxygen atoms in total. The highest BCUT2D eigenvalue weighted by Gasteiger charge is 2.00. The van der Waals surface area contributed by atoms with Crippen molar-refractivity contribution in [2.75, 3.05) is 12.3 Å². The summed E-state index contributed by atoms with van der Waals surface area (Å²) in [5.41, 5.74) is 0. The van der Waals surface area contributed by atoms with Crippen molar-refractivity contribution in [3.63, 3.8) is 0 Å². The van der Waals surface area contributed by atoms with Crippen LogP contribution in [0.5, 0.6) is 0 Å². The summed E-state index contributed by atoms with van der Waals surface area (Å²) in [4.78, 5) is 20.9. The van der Waals surface area contributed by atoms with Gasteiger partial charge in [-0.3, -0.25) is 9.59 Å². The van der Waals surface area contributed by atoms with Gasteiger partial charge in [0.1, 0.15) is 0 Å². The van der Waals surface area contributed by atoms with Crippen molar-refractivity contribution in [1.29, 1.82) is 0 Å². The number of hydrogen-bond donors (Lipinski definition) is 1. The van der Waals surface area contributed by atoms with Gasteiger partial charge in [-0.2, -0.15) is 0 Å². The normalized spacial score (nSPS) is 9.00. The molecule has 0 aliphatic heterocycles. The molecule has 57 valence electrons. The lowest BCUT2D eigenvalue weighted by atomic mass is 10.6. The van der Waals surface area contributed by atoms with Gasteiger partial charge in [0.25, 0.3) is 0 Å². The fourth-order valence-corrected chi connectivity index (χ4v) is 0.794. The molecule has 0 aliphatic rings. The third kappa shape index (κ3) is 5.62. The maximum atomic E-state index is 10.6. The zero-order valence-corrected chi connectivity index (χ0v) is 6.66.